The summed E-state index contributed by atoms with van der Waals surface area (Å²) in [5.74, 6) is 0.221. The Hall–Kier alpha value is -2.37. The predicted octanol–water partition coefficient (Wildman–Crippen LogP) is 0.0280. The minimum Gasteiger partial charge on any atom is -0.367 e. The molecule has 3 N–H and O–H groups in total. The van der Waals surface area contributed by atoms with Crippen molar-refractivity contribution in [3.63, 3.8) is 0 Å². The van der Waals surface area contributed by atoms with E-state index in [-0.39, 0.29) is 17.5 Å². The molecule has 0 aliphatic rings. The second-order valence-electron chi connectivity index (χ2n) is 3.14. The van der Waals surface area contributed by atoms with Crippen LogP contribution in [0.25, 0.3) is 0 Å². The second kappa shape index (κ2) is 4.43. The monoisotopic (exact) mass is 218 g/mol. The molecule has 16 heavy (non-hydrogen) atoms. The first-order valence-corrected chi connectivity index (χ1v) is 4.71. The van der Waals surface area contributed by atoms with Crippen LogP contribution >= 0.6 is 0 Å². The Morgan fingerprint density at radius 2 is 2.31 bits per heavy atom. The first-order valence-electron chi connectivity index (χ1n) is 4.71. The number of amides is 1. The molecule has 0 aliphatic carbocycles. The van der Waals surface area contributed by atoms with Crippen LogP contribution in [0.1, 0.15) is 16.2 Å². The molecule has 0 atom stereocenters. The number of imidazole rings is 1. The normalized spacial score (nSPS) is 10.0. The summed E-state index contributed by atoms with van der Waals surface area (Å²) in [5.41, 5.74) is -0.218. The SMILES string of the molecule is O=C(NCc1ncc[nH]1)c1c[nH]ccc1=O. The summed E-state index contributed by atoms with van der Waals surface area (Å²) >= 11 is 0. The van der Waals surface area contributed by atoms with E-state index in [1.165, 1.54) is 18.5 Å². The highest BCUT2D eigenvalue weighted by atomic mass is 16.2. The van der Waals surface area contributed by atoms with Gasteiger partial charge in [0.2, 0.25) is 0 Å². The van der Waals surface area contributed by atoms with Crippen molar-refractivity contribution < 1.29 is 4.79 Å². The van der Waals surface area contributed by atoms with Gasteiger partial charge in [-0.3, -0.25) is 9.59 Å². The molecule has 0 saturated carbocycles. The van der Waals surface area contributed by atoms with E-state index in [2.05, 4.69) is 20.3 Å². The van der Waals surface area contributed by atoms with Crippen LogP contribution in [0.2, 0.25) is 0 Å². The maximum absolute atomic E-state index is 11.6. The minimum atomic E-state index is -0.418. The fraction of sp³-hybridized carbons (Fsp3) is 0.100. The number of nitrogens with zero attached hydrogens (tertiary/aromatic N) is 1. The van der Waals surface area contributed by atoms with Crippen molar-refractivity contribution in [1.82, 2.24) is 20.3 Å². The molecule has 2 aromatic heterocycles. The van der Waals surface area contributed by atoms with Crippen LogP contribution in [0.3, 0.4) is 0 Å². The van der Waals surface area contributed by atoms with Crippen LogP contribution in [0.5, 0.6) is 0 Å². The number of pyridine rings is 1. The van der Waals surface area contributed by atoms with E-state index in [1.807, 2.05) is 0 Å². The van der Waals surface area contributed by atoms with Crippen LogP contribution in [0.15, 0.2) is 35.6 Å². The fourth-order valence-electron chi connectivity index (χ4n) is 1.25. The smallest absolute Gasteiger partial charge is 0.257 e. The summed E-state index contributed by atoms with van der Waals surface area (Å²) in [6, 6.07) is 1.31. The lowest BCUT2D eigenvalue weighted by Crippen LogP contribution is -2.28. The molecular weight excluding hydrogens is 208 g/mol. The number of H-pyrrole nitrogens is 2. The number of carbonyl (C=O) groups is 1. The van der Waals surface area contributed by atoms with Crippen molar-refractivity contribution in [3.05, 3.63) is 52.5 Å². The number of aromatic nitrogens is 3. The zero-order chi connectivity index (χ0) is 11.4. The van der Waals surface area contributed by atoms with Gasteiger partial charge in [-0.25, -0.2) is 4.98 Å². The summed E-state index contributed by atoms with van der Waals surface area (Å²) < 4.78 is 0. The molecule has 2 heterocycles. The summed E-state index contributed by atoms with van der Waals surface area (Å²) in [7, 11) is 0. The average molecular weight is 218 g/mol. The topological polar surface area (TPSA) is 90.6 Å². The van der Waals surface area contributed by atoms with Gasteiger partial charge in [0, 0.05) is 30.9 Å². The maximum atomic E-state index is 11.6. The van der Waals surface area contributed by atoms with Crippen molar-refractivity contribution >= 4 is 5.91 Å². The molecule has 0 fully saturated rings. The van der Waals surface area contributed by atoms with E-state index < -0.39 is 5.91 Å². The molecule has 2 rings (SSSR count). The van der Waals surface area contributed by atoms with Gasteiger partial charge < -0.3 is 15.3 Å². The molecule has 6 heteroatoms. The van der Waals surface area contributed by atoms with Crippen LogP contribution in [0.4, 0.5) is 0 Å². The largest absolute Gasteiger partial charge is 0.367 e. The van der Waals surface area contributed by atoms with E-state index in [9.17, 15) is 9.59 Å². The molecule has 6 nitrogen and oxygen atoms in total. The van der Waals surface area contributed by atoms with Gasteiger partial charge in [0.25, 0.3) is 5.91 Å². The van der Waals surface area contributed by atoms with Crippen LogP contribution in [-0.4, -0.2) is 20.9 Å². The molecule has 82 valence electrons. The number of rotatable bonds is 3. The maximum Gasteiger partial charge on any atom is 0.257 e. The summed E-state index contributed by atoms with van der Waals surface area (Å²) in [5, 5.41) is 2.59. The average Bonchev–Trinajstić information content (AvgIpc) is 2.79. The van der Waals surface area contributed by atoms with E-state index in [1.54, 1.807) is 12.4 Å². The Morgan fingerprint density at radius 1 is 1.44 bits per heavy atom. The van der Waals surface area contributed by atoms with Crippen LogP contribution in [0, 0.1) is 0 Å². The number of nitrogens with one attached hydrogen (secondary N) is 3. The highest BCUT2D eigenvalue weighted by Crippen LogP contribution is 1.91. The van der Waals surface area contributed by atoms with Crippen molar-refractivity contribution in [2.75, 3.05) is 0 Å². The Balaban J connectivity index is 2.04. The van der Waals surface area contributed by atoms with Crippen molar-refractivity contribution in [1.29, 1.82) is 0 Å². The standard InChI is InChI=1S/C10H10N4O2/c15-8-1-2-11-5-7(8)10(16)14-6-9-12-3-4-13-9/h1-5H,6H2,(H,11,15)(H,12,13)(H,14,16). The van der Waals surface area contributed by atoms with E-state index in [4.69, 9.17) is 0 Å². The van der Waals surface area contributed by atoms with E-state index >= 15 is 0 Å². The van der Waals surface area contributed by atoms with Crippen molar-refractivity contribution in [3.8, 4) is 0 Å². The third-order valence-corrected chi connectivity index (χ3v) is 2.04. The number of hydrogen-bond donors (Lipinski definition) is 3. The molecule has 0 aliphatic heterocycles. The van der Waals surface area contributed by atoms with Gasteiger partial charge in [0.1, 0.15) is 11.4 Å². The zero-order valence-corrected chi connectivity index (χ0v) is 8.36. The lowest BCUT2D eigenvalue weighted by molar-refractivity contribution is 0.0948. The van der Waals surface area contributed by atoms with Gasteiger partial charge in [-0.15, -0.1) is 0 Å². The van der Waals surface area contributed by atoms with Gasteiger partial charge >= 0.3 is 0 Å². The van der Waals surface area contributed by atoms with Gasteiger partial charge in [0.15, 0.2) is 5.43 Å². The van der Waals surface area contributed by atoms with Crippen molar-refractivity contribution in [2.24, 2.45) is 0 Å². The highest BCUT2D eigenvalue weighted by molar-refractivity contribution is 5.93. The first kappa shape index (κ1) is 10.2. The molecule has 0 aromatic carbocycles. The molecule has 0 saturated heterocycles. The van der Waals surface area contributed by atoms with E-state index in [0.29, 0.717) is 5.82 Å². The Bertz CT molecular complexity index is 530. The summed E-state index contributed by atoms with van der Waals surface area (Å²) in [4.78, 5) is 32.4. The molecule has 0 unspecified atom stereocenters. The lowest BCUT2D eigenvalue weighted by Gasteiger charge is -2.01. The molecule has 0 radical (unpaired) electrons. The van der Waals surface area contributed by atoms with Gasteiger partial charge in [-0.2, -0.15) is 0 Å². The molecular formula is C10H10N4O2. The fourth-order valence-corrected chi connectivity index (χ4v) is 1.25. The number of carbonyl (C=O) groups excluding carboxylic acids is 1. The van der Waals surface area contributed by atoms with Crippen LogP contribution < -0.4 is 10.7 Å². The molecule has 1 amide bonds. The minimum absolute atomic E-state index is 0.0917. The Kier molecular flexibility index (Phi) is 2.81. The van der Waals surface area contributed by atoms with Gasteiger partial charge in [-0.05, 0) is 0 Å². The Morgan fingerprint density at radius 3 is 3.00 bits per heavy atom. The number of hydrogen-bond acceptors (Lipinski definition) is 3. The third-order valence-electron chi connectivity index (χ3n) is 2.04. The number of aromatic amines is 2. The van der Waals surface area contributed by atoms with Gasteiger partial charge in [-0.1, -0.05) is 0 Å². The molecule has 2 aromatic rings. The predicted molar refractivity (Wildman–Crippen MR) is 56.8 cm³/mol. The highest BCUT2D eigenvalue weighted by Gasteiger charge is 2.08. The lowest BCUT2D eigenvalue weighted by atomic mass is 10.2. The second-order valence-corrected chi connectivity index (χ2v) is 3.14. The van der Waals surface area contributed by atoms with Gasteiger partial charge in [0.05, 0.1) is 6.54 Å². The molecule has 0 bridgehead atoms. The van der Waals surface area contributed by atoms with Crippen molar-refractivity contribution in [2.45, 2.75) is 6.54 Å². The first-order chi connectivity index (χ1) is 7.77. The third kappa shape index (κ3) is 2.17. The molecule has 0 spiro atoms. The Labute approximate surface area is 90.7 Å². The quantitative estimate of drug-likeness (QED) is 0.678. The summed E-state index contributed by atoms with van der Waals surface area (Å²) in [6.45, 7) is 0.264. The zero-order valence-electron chi connectivity index (χ0n) is 8.36. The van der Waals surface area contributed by atoms with E-state index in [0.717, 1.165) is 0 Å². The summed E-state index contributed by atoms with van der Waals surface area (Å²) in [6.07, 6.45) is 6.11. The van der Waals surface area contributed by atoms with Crippen LogP contribution in [-0.2, 0) is 6.54 Å².